The highest BCUT2D eigenvalue weighted by Crippen LogP contribution is 2.45. The van der Waals surface area contributed by atoms with Crippen LogP contribution in [-0.2, 0) is 9.53 Å². The third kappa shape index (κ3) is 3.56. The van der Waals surface area contributed by atoms with Crippen LogP contribution in [0.5, 0.6) is 0 Å². The Kier molecular flexibility index (Phi) is 5.13. The van der Waals surface area contributed by atoms with Crippen LogP contribution in [0.1, 0.15) is 59.8 Å². The number of hydrogen-bond donors (Lipinski definition) is 1. The molecule has 2 saturated heterocycles. The number of rotatable bonds is 4. The Bertz CT molecular complexity index is 526. The van der Waals surface area contributed by atoms with Crippen LogP contribution in [0.25, 0.3) is 0 Å². The number of urea groups is 1. The predicted molar refractivity (Wildman–Crippen MR) is 96.0 cm³/mol. The molecular formula is C19H33N3O3. The molecule has 3 fully saturated rings. The summed E-state index contributed by atoms with van der Waals surface area (Å²) >= 11 is 0. The maximum Gasteiger partial charge on any atom is 0.326 e. The van der Waals surface area contributed by atoms with Crippen molar-refractivity contribution in [3.05, 3.63) is 0 Å². The van der Waals surface area contributed by atoms with Gasteiger partial charge in [-0.3, -0.25) is 9.69 Å². The average Bonchev–Trinajstić information content (AvgIpc) is 2.80. The van der Waals surface area contributed by atoms with Crippen molar-refractivity contribution in [3.63, 3.8) is 0 Å². The monoisotopic (exact) mass is 351 g/mol. The number of carbonyl (C=O) groups is 2. The first-order valence-corrected chi connectivity index (χ1v) is 9.75. The van der Waals surface area contributed by atoms with Gasteiger partial charge < -0.3 is 10.1 Å². The summed E-state index contributed by atoms with van der Waals surface area (Å²) in [6, 6.07) is -0.225. The molecule has 3 aliphatic rings. The van der Waals surface area contributed by atoms with Gasteiger partial charge in [0, 0.05) is 13.1 Å². The summed E-state index contributed by atoms with van der Waals surface area (Å²) in [5.41, 5.74) is -0.355. The summed E-state index contributed by atoms with van der Waals surface area (Å²) in [7, 11) is 0. The van der Waals surface area contributed by atoms with Crippen LogP contribution in [0.3, 0.4) is 0 Å². The molecule has 1 atom stereocenters. The van der Waals surface area contributed by atoms with Gasteiger partial charge in [-0.2, -0.15) is 0 Å². The third-order valence-corrected chi connectivity index (χ3v) is 6.77. The first-order valence-electron chi connectivity index (χ1n) is 9.75. The Morgan fingerprint density at radius 1 is 1.28 bits per heavy atom. The van der Waals surface area contributed by atoms with Gasteiger partial charge >= 0.3 is 6.03 Å². The summed E-state index contributed by atoms with van der Waals surface area (Å²) < 4.78 is 5.54. The minimum absolute atomic E-state index is 0.0237. The molecule has 1 spiro atoms. The van der Waals surface area contributed by atoms with E-state index in [-0.39, 0.29) is 18.0 Å². The van der Waals surface area contributed by atoms with Gasteiger partial charge in [0.25, 0.3) is 5.91 Å². The molecule has 0 bridgehead atoms. The highest BCUT2D eigenvalue weighted by atomic mass is 16.5. The van der Waals surface area contributed by atoms with Gasteiger partial charge in [0.2, 0.25) is 0 Å². The molecule has 3 rings (SSSR count). The largest absolute Gasteiger partial charge is 0.376 e. The Morgan fingerprint density at radius 2 is 1.96 bits per heavy atom. The average molecular weight is 351 g/mol. The fourth-order valence-electron chi connectivity index (χ4n) is 4.54. The number of carbonyl (C=O) groups excluding carboxylic acids is 2. The van der Waals surface area contributed by atoms with Crippen LogP contribution in [0.15, 0.2) is 0 Å². The minimum atomic E-state index is -0.657. The van der Waals surface area contributed by atoms with Gasteiger partial charge in [-0.05, 0) is 43.9 Å². The summed E-state index contributed by atoms with van der Waals surface area (Å²) in [4.78, 5) is 29.1. The number of hydrogen-bond acceptors (Lipinski definition) is 4. The number of amides is 3. The second-order valence-corrected chi connectivity index (χ2v) is 8.76. The van der Waals surface area contributed by atoms with E-state index in [2.05, 4.69) is 31.0 Å². The number of imide groups is 1. The van der Waals surface area contributed by atoms with Gasteiger partial charge in [-0.15, -0.1) is 0 Å². The Labute approximate surface area is 151 Å². The molecule has 6 nitrogen and oxygen atoms in total. The van der Waals surface area contributed by atoms with Crippen molar-refractivity contribution < 1.29 is 14.3 Å². The lowest BCUT2D eigenvalue weighted by molar-refractivity contribution is -0.135. The van der Waals surface area contributed by atoms with E-state index in [1.807, 2.05) is 6.92 Å². The first-order chi connectivity index (χ1) is 11.8. The maximum absolute atomic E-state index is 13.1. The second-order valence-electron chi connectivity index (χ2n) is 8.76. The Balaban J connectivity index is 1.63. The van der Waals surface area contributed by atoms with E-state index >= 15 is 0 Å². The summed E-state index contributed by atoms with van der Waals surface area (Å²) in [5, 5.41) is 3.04. The van der Waals surface area contributed by atoms with Gasteiger partial charge in [0.1, 0.15) is 5.54 Å². The van der Waals surface area contributed by atoms with E-state index in [0.29, 0.717) is 24.6 Å². The van der Waals surface area contributed by atoms with Gasteiger partial charge in [0.05, 0.1) is 19.4 Å². The molecule has 0 unspecified atom stereocenters. The van der Waals surface area contributed by atoms with Crippen molar-refractivity contribution in [2.24, 2.45) is 11.3 Å². The molecule has 1 N–H and O–H groups in total. The zero-order valence-corrected chi connectivity index (χ0v) is 16.1. The van der Waals surface area contributed by atoms with E-state index in [9.17, 15) is 9.59 Å². The summed E-state index contributed by atoms with van der Waals surface area (Å²) in [6.45, 7) is 11.5. The second kappa shape index (κ2) is 6.88. The van der Waals surface area contributed by atoms with E-state index in [4.69, 9.17) is 4.74 Å². The molecule has 1 saturated carbocycles. The van der Waals surface area contributed by atoms with Crippen LogP contribution >= 0.6 is 0 Å². The fraction of sp³-hybridized carbons (Fsp3) is 0.895. The molecule has 25 heavy (non-hydrogen) atoms. The lowest BCUT2D eigenvalue weighted by atomic mass is 9.65. The summed E-state index contributed by atoms with van der Waals surface area (Å²) in [6.07, 6.45) is 4.84. The van der Waals surface area contributed by atoms with Gasteiger partial charge in [-0.25, -0.2) is 9.69 Å². The van der Waals surface area contributed by atoms with Crippen molar-refractivity contribution in [2.75, 3.05) is 26.4 Å². The molecule has 2 aliphatic heterocycles. The molecule has 6 heteroatoms. The maximum atomic E-state index is 13.1. The quantitative estimate of drug-likeness (QED) is 0.791. The normalized spacial score (nSPS) is 34.6. The number of nitrogens with zero attached hydrogens (tertiary/aromatic N) is 2. The molecule has 0 aromatic rings. The van der Waals surface area contributed by atoms with E-state index < -0.39 is 5.54 Å². The standard InChI is InChI=1S/C19H33N3O3/c1-5-18(3,4)15-6-8-19(9-7-15)16(23)22(17(24)20-19)13-21-10-11-25-14(2)12-21/h14-15H,5-13H2,1-4H3,(H,20,24)/t14-,15?,19?/m1/s1. The Morgan fingerprint density at radius 3 is 2.56 bits per heavy atom. The Hall–Kier alpha value is -1.14. The topological polar surface area (TPSA) is 61.9 Å². The zero-order valence-electron chi connectivity index (χ0n) is 16.1. The minimum Gasteiger partial charge on any atom is -0.376 e. The number of ether oxygens (including phenoxy) is 1. The predicted octanol–water partition coefficient (Wildman–Crippen LogP) is 2.58. The molecular weight excluding hydrogens is 318 g/mol. The van der Waals surface area contributed by atoms with Crippen molar-refractivity contribution in [1.29, 1.82) is 0 Å². The molecule has 2 heterocycles. The van der Waals surface area contributed by atoms with Crippen LogP contribution < -0.4 is 5.32 Å². The molecule has 142 valence electrons. The lowest BCUT2D eigenvalue weighted by Crippen LogP contribution is -2.52. The summed E-state index contributed by atoms with van der Waals surface area (Å²) in [5.74, 6) is 0.603. The molecule has 0 radical (unpaired) electrons. The SMILES string of the molecule is CCC(C)(C)C1CCC2(CC1)NC(=O)N(CN1CCO[C@H](C)C1)C2=O. The molecule has 3 amide bonds. The van der Waals surface area contributed by atoms with E-state index in [1.54, 1.807) is 0 Å². The number of nitrogens with one attached hydrogen (secondary N) is 1. The molecule has 0 aromatic heterocycles. The molecule has 0 aromatic carbocycles. The van der Waals surface area contributed by atoms with E-state index in [1.165, 1.54) is 4.90 Å². The van der Waals surface area contributed by atoms with Crippen LogP contribution in [0.2, 0.25) is 0 Å². The van der Waals surface area contributed by atoms with Gasteiger partial charge in [-0.1, -0.05) is 27.2 Å². The number of morpholine rings is 1. The van der Waals surface area contributed by atoms with Crippen molar-refractivity contribution in [3.8, 4) is 0 Å². The van der Waals surface area contributed by atoms with Crippen molar-refractivity contribution >= 4 is 11.9 Å². The van der Waals surface area contributed by atoms with E-state index in [0.717, 1.165) is 45.2 Å². The first kappa shape index (κ1) is 18.6. The molecule has 1 aliphatic carbocycles. The van der Waals surface area contributed by atoms with Crippen molar-refractivity contribution in [2.45, 2.75) is 71.4 Å². The van der Waals surface area contributed by atoms with Crippen LogP contribution in [0, 0.1) is 11.3 Å². The van der Waals surface area contributed by atoms with Crippen LogP contribution in [-0.4, -0.2) is 59.7 Å². The zero-order chi connectivity index (χ0) is 18.2. The lowest BCUT2D eigenvalue weighted by Gasteiger charge is -2.42. The van der Waals surface area contributed by atoms with Crippen molar-refractivity contribution in [1.82, 2.24) is 15.1 Å². The highest BCUT2D eigenvalue weighted by molar-refractivity contribution is 6.07. The highest BCUT2D eigenvalue weighted by Gasteiger charge is 2.53. The van der Waals surface area contributed by atoms with Gasteiger partial charge in [0.15, 0.2) is 0 Å². The van der Waals surface area contributed by atoms with Crippen LogP contribution in [0.4, 0.5) is 4.79 Å². The fourth-order valence-corrected chi connectivity index (χ4v) is 4.54. The third-order valence-electron chi connectivity index (χ3n) is 6.77. The smallest absolute Gasteiger partial charge is 0.326 e.